The summed E-state index contributed by atoms with van der Waals surface area (Å²) in [6.45, 7) is 8.27. The molecule has 9 atom stereocenters. The van der Waals surface area contributed by atoms with E-state index in [0.29, 0.717) is 22.0 Å². The Balaban J connectivity index is 2.00. The Morgan fingerprint density at radius 3 is 1.59 bits per heavy atom. The standard InChI is InChI=1S/C53H80N14O13/c1-27(2)21-37(62-44(71)33(54)25-68)47(74)63-38(22-30-13-8-7-9-14-30)48(75)65-40(26-69)50(77)61-36(18-19-41(55)70)45(72)64-39(23-31-24-59-34-16-11-10-15-32(31)34)49(76)60-35(17-12-20-58-53(56)57)46(73)66-42(28(3)4)51(78)67-43(29(5)6)52(79)80/h7-11,13-16,24,27-29,33,35-40,42-43,59,68-69H,12,17-23,25-26,54H2,1-6H3,(H2,55,70)(H,60,76)(H,61,77)(H,62,71)(H,63,74)(H,64,72)(H,65,75)(H,66,73)(H,67,78)(H,79,80)(H4,56,57,58)/t33-,35-,36-,37-,38-,39-,40-,42-,43-/m0/s1. The number of aliphatic carboxylic acids is 1. The summed E-state index contributed by atoms with van der Waals surface area (Å²) in [5.41, 5.74) is 24.0. The zero-order valence-corrected chi connectivity index (χ0v) is 46.0. The Morgan fingerprint density at radius 2 is 1.04 bits per heavy atom. The van der Waals surface area contributed by atoms with E-state index in [2.05, 4.69) is 52.5 Å². The fraction of sp³-hybridized carbons (Fsp3) is 0.528. The van der Waals surface area contributed by atoms with Crippen LogP contribution in [0.2, 0.25) is 0 Å². The first-order valence-electron chi connectivity index (χ1n) is 26.3. The third kappa shape index (κ3) is 21.6. The number of aliphatic hydroxyl groups excluding tert-OH is 2. The zero-order chi connectivity index (χ0) is 59.8. The lowest BCUT2D eigenvalue weighted by Gasteiger charge is -2.29. The van der Waals surface area contributed by atoms with Crippen molar-refractivity contribution < 1.29 is 63.3 Å². The summed E-state index contributed by atoms with van der Waals surface area (Å²) in [7, 11) is 0. The molecule has 1 aromatic heterocycles. The number of benzene rings is 2. The van der Waals surface area contributed by atoms with Crippen LogP contribution in [0.15, 0.2) is 65.8 Å². The zero-order valence-electron chi connectivity index (χ0n) is 46.0. The van der Waals surface area contributed by atoms with Crippen LogP contribution in [0.1, 0.15) is 84.8 Å². The molecule has 0 fully saturated rings. The third-order valence-corrected chi connectivity index (χ3v) is 12.7. The first-order chi connectivity index (χ1) is 37.8. The predicted molar refractivity (Wildman–Crippen MR) is 295 cm³/mol. The molecule has 27 heteroatoms. The number of nitrogens with zero attached hydrogens (tertiary/aromatic N) is 1. The Labute approximate surface area is 463 Å². The fourth-order valence-electron chi connectivity index (χ4n) is 8.28. The second-order valence-electron chi connectivity index (χ2n) is 20.5. The number of aliphatic hydroxyl groups is 2. The monoisotopic (exact) mass is 1120 g/mol. The molecular weight excluding hydrogens is 1040 g/mol. The van der Waals surface area contributed by atoms with Gasteiger partial charge in [0.25, 0.3) is 0 Å². The van der Waals surface area contributed by atoms with Crippen molar-refractivity contribution in [1.29, 1.82) is 0 Å². The molecule has 1 heterocycles. The third-order valence-electron chi connectivity index (χ3n) is 12.7. The van der Waals surface area contributed by atoms with Gasteiger partial charge in [0.2, 0.25) is 53.2 Å². The number of aromatic nitrogens is 1. The SMILES string of the molecule is CC(C)C[C@H](NC(=O)[C@@H](N)CO)C(=O)N[C@@H](Cc1ccccc1)C(=O)N[C@@H](CO)C(=O)N[C@@H](CCC(N)=O)C(=O)N[C@@H](Cc1c[nH]c2ccccc12)C(=O)N[C@@H](CCCN=C(N)N)C(=O)N[C@H](C(=O)N[C@H](C(=O)O)C(C)C)C(C)C. The van der Waals surface area contributed by atoms with Crippen LogP contribution in [-0.2, 0) is 60.8 Å². The van der Waals surface area contributed by atoms with Crippen LogP contribution in [0.4, 0.5) is 0 Å². The van der Waals surface area contributed by atoms with Crippen molar-refractivity contribution >= 4 is 76.0 Å². The lowest BCUT2D eigenvalue weighted by atomic mass is 9.99. The van der Waals surface area contributed by atoms with Crippen molar-refractivity contribution in [2.75, 3.05) is 19.8 Å². The molecular formula is C53H80N14O13. The van der Waals surface area contributed by atoms with Crippen molar-refractivity contribution in [2.45, 2.75) is 141 Å². The van der Waals surface area contributed by atoms with Crippen molar-refractivity contribution in [3.63, 3.8) is 0 Å². The molecule has 9 amide bonds. The van der Waals surface area contributed by atoms with Crippen LogP contribution >= 0.6 is 0 Å². The number of carbonyl (C=O) groups is 10. The van der Waals surface area contributed by atoms with Crippen LogP contribution < -0.4 is 65.5 Å². The number of rotatable bonds is 34. The molecule has 3 rings (SSSR count). The molecule has 0 aliphatic carbocycles. The minimum atomic E-state index is -1.80. The summed E-state index contributed by atoms with van der Waals surface area (Å²) in [5, 5.41) is 50.7. The number of carbonyl (C=O) groups excluding carboxylic acids is 9. The van der Waals surface area contributed by atoms with Crippen LogP contribution in [0.5, 0.6) is 0 Å². The number of carboxylic acid groups (broad SMARTS) is 1. The molecule has 0 spiro atoms. The number of hydrogen-bond acceptors (Lipinski definition) is 14. The lowest BCUT2D eigenvalue weighted by Crippen LogP contribution is -2.61. The van der Waals surface area contributed by atoms with Gasteiger partial charge >= 0.3 is 5.97 Å². The summed E-state index contributed by atoms with van der Waals surface area (Å²) in [5.74, 6) is -11.0. The van der Waals surface area contributed by atoms with Gasteiger partial charge in [0.15, 0.2) is 5.96 Å². The molecule has 0 radical (unpaired) electrons. The quantitative estimate of drug-likeness (QED) is 0.0160. The Hall–Kier alpha value is -8.17. The van der Waals surface area contributed by atoms with Gasteiger partial charge in [-0.1, -0.05) is 90.1 Å². The number of nitrogens with one attached hydrogen (secondary N) is 9. The van der Waals surface area contributed by atoms with Crippen LogP contribution in [0.25, 0.3) is 10.9 Å². The summed E-state index contributed by atoms with van der Waals surface area (Å²) in [6, 6.07) is 2.49. The molecule has 80 heavy (non-hydrogen) atoms. The van der Waals surface area contributed by atoms with Gasteiger partial charge in [-0.15, -0.1) is 0 Å². The largest absolute Gasteiger partial charge is 0.480 e. The molecule has 27 nitrogen and oxygen atoms in total. The summed E-state index contributed by atoms with van der Waals surface area (Å²) >= 11 is 0. The molecule has 0 unspecified atom stereocenters. The number of fused-ring (bicyclic) bond motifs is 1. The maximum Gasteiger partial charge on any atom is 0.326 e. The summed E-state index contributed by atoms with van der Waals surface area (Å²) in [6.07, 6.45) is 0.389. The van der Waals surface area contributed by atoms with Gasteiger partial charge < -0.3 is 85.8 Å². The number of aromatic amines is 1. The van der Waals surface area contributed by atoms with E-state index in [9.17, 15) is 63.3 Å². The fourth-order valence-corrected chi connectivity index (χ4v) is 8.28. The highest BCUT2D eigenvalue weighted by atomic mass is 16.4. The number of nitrogens with two attached hydrogens (primary N) is 4. The van der Waals surface area contributed by atoms with Crippen molar-refractivity contribution in [2.24, 2.45) is 45.7 Å². The van der Waals surface area contributed by atoms with Crippen molar-refractivity contribution in [1.82, 2.24) is 47.5 Å². The Bertz CT molecular complexity index is 2620. The van der Waals surface area contributed by atoms with Crippen molar-refractivity contribution in [3.05, 3.63) is 71.9 Å². The number of carboxylic acids is 1. The Kier molecular flexibility index (Phi) is 27.0. The number of aliphatic imine (C=N–C) groups is 1. The Morgan fingerprint density at radius 1 is 0.550 bits per heavy atom. The van der Waals surface area contributed by atoms with E-state index in [1.165, 1.54) is 0 Å². The molecule has 3 aromatic rings. The lowest BCUT2D eigenvalue weighted by molar-refractivity contribution is -0.144. The van der Waals surface area contributed by atoms with E-state index in [1.807, 2.05) is 0 Å². The summed E-state index contributed by atoms with van der Waals surface area (Å²) < 4.78 is 0. The van der Waals surface area contributed by atoms with E-state index >= 15 is 0 Å². The molecule has 2 aromatic carbocycles. The summed E-state index contributed by atoms with van der Waals surface area (Å²) in [4.78, 5) is 143. The highest BCUT2D eigenvalue weighted by Crippen LogP contribution is 2.20. The maximum absolute atomic E-state index is 14.7. The maximum atomic E-state index is 14.7. The average molecular weight is 1120 g/mol. The van der Waals surface area contributed by atoms with Gasteiger partial charge in [-0.2, -0.15) is 0 Å². The molecule has 0 saturated heterocycles. The first-order valence-corrected chi connectivity index (χ1v) is 26.3. The highest BCUT2D eigenvalue weighted by molar-refractivity contribution is 5.99. The van der Waals surface area contributed by atoms with Gasteiger partial charge in [0, 0.05) is 42.9 Å². The normalized spacial score (nSPS) is 14.7. The topological polar surface area (TPSA) is 460 Å². The number of guanidine groups is 1. The van der Waals surface area contributed by atoms with E-state index < -0.39 is 151 Å². The highest BCUT2D eigenvalue weighted by Gasteiger charge is 2.36. The van der Waals surface area contributed by atoms with E-state index in [-0.39, 0.29) is 50.5 Å². The predicted octanol–water partition coefficient (Wildman–Crippen LogP) is -3.09. The van der Waals surface area contributed by atoms with E-state index in [4.69, 9.17) is 22.9 Å². The number of para-hydroxylation sites is 1. The van der Waals surface area contributed by atoms with Gasteiger partial charge in [0.05, 0.1) is 13.2 Å². The molecule has 0 aliphatic rings. The number of primary amides is 1. The van der Waals surface area contributed by atoms with Crippen LogP contribution in [0, 0.1) is 17.8 Å². The van der Waals surface area contributed by atoms with Gasteiger partial charge in [0.1, 0.15) is 54.4 Å². The molecule has 0 saturated carbocycles. The smallest absolute Gasteiger partial charge is 0.326 e. The molecule has 440 valence electrons. The number of H-pyrrole nitrogens is 1. The van der Waals surface area contributed by atoms with E-state index in [0.717, 1.165) is 0 Å². The van der Waals surface area contributed by atoms with Gasteiger partial charge in [-0.3, -0.25) is 48.1 Å². The van der Waals surface area contributed by atoms with Crippen molar-refractivity contribution in [3.8, 4) is 0 Å². The van der Waals surface area contributed by atoms with Gasteiger partial charge in [-0.25, -0.2) is 4.79 Å². The molecule has 0 aliphatic heterocycles. The second kappa shape index (κ2) is 32.7. The van der Waals surface area contributed by atoms with Gasteiger partial charge in [-0.05, 0) is 60.6 Å². The minimum Gasteiger partial charge on any atom is -0.480 e. The average Bonchev–Trinajstić information content (AvgIpc) is 3.81. The second-order valence-corrected chi connectivity index (χ2v) is 20.5. The first kappa shape index (κ1) is 66.1. The number of hydrogen-bond donors (Lipinski definition) is 16. The minimum absolute atomic E-state index is 0.0131. The number of amides is 9. The van der Waals surface area contributed by atoms with Crippen LogP contribution in [-0.4, -0.2) is 160 Å². The van der Waals surface area contributed by atoms with Crippen LogP contribution in [0.3, 0.4) is 0 Å². The molecule has 20 N–H and O–H groups in total. The molecule has 0 bridgehead atoms. The van der Waals surface area contributed by atoms with E-state index in [1.54, 1.807) is 102 Å².